The van der Waals surface area contributed by atoms with Crippen molar-refractivity contribution in [1.29, 1.82) is 0 Å². The Morgan fingerprint density at radius 2 is 2.33 bits per heavy atom. The molecule has 1 saturated heterocycles. The lowest BCUT2D eigenvalue weighted by Crippen LogP contribution is -2.18. The van der Waals surface area contributed by atoms with Crippen molar-refractivity contribution < 1.29 is 4.74 Å². The predicted molar refractivity (Wildman–Crippen MR) is 72.4 cm³/mol. The summed E-state index contributed by atoms with van der Waals surface area (Å²) in [6.07, 6.45) is 6.35. The summed E-state index contributed by atoms with van der Waals surface area (Å²) >= 11 is 0. The number of rotatable bonds is 2. The fraction of sp³-hybridized carbons (Fsp3) is 0.500. The van der Waals surface area contributed by atoms with Crippen LogP contribution < -0.4 is 5.73 Å². The molecule has 0 saturated carbocycles. The van der Waals surface area contributed by atoms with Crippen molar-refractivity contribution >= 4 is 16.6 Å². The maximum atomic E-state index is 6.02. The molecule has 1 fully saturated rings. The number of nitrogens with zero attached hydrogens (tertiary/aromatic N) is 2. The zero-order valence-electron chi connectivity index (χ0n) is 10.7. The highest BCUT2D eigenvalue weighted by molar-refractivity contribution is 5.86. The van der Waals surface area contributed by atoms with E-state index in [1.54, 1.807) is 0 Å². The monoisotopic (exact) mass is 245 g/mol. The number of aromatic nitrogens is 2. The second-order valence-corrected chi connectivity index (χ2v) is 4.83. The van der Waals surface area contributed by atoms with E-state index in [0.717, 1.165) is 42.5 Å². The molecule has 1 aromatic heterocycles. The summed E-state index contributed by atoms with van der Waals surface area (Å²) in [7, 11) is 0. The third-order valence-electron chi connectivity index (χ3n) is 3.71. The molecule has 1 aromatic carbocycles. The van der Waals surface area contributed by atoms with Gasteiger partial charge in [0.15, 0.2) is 6.23 Å². The summed E-state index contributed by atoms with van der Waals surface area (Å²) in [5.41, 5.74) is 9.19. The lowest BCUT2D eigenvalue weighted by molar-refractivity contribution is -0.0366. The first-order chi connectivity index (χ1) is 8.81. The van der Waals surface area contributed by atoms with Crippen molar-refractivity contribution in [3.8, 4) is 0 Å². The van der Waals surface area contributed by atoms with E-state index in [9.17, 15) is 0 Å². The fourth-order valence-electron chi connectivity index (χ4n) is 2.74. The Morgan fingerprint density at radius 1 is 1.44 bits per heavy atom. The van der Waals surface area contributed by atoms with Crippen LogP contribution in [0.4, 0.5) is 5.69 Å². The number of aryl methyl sites for hydroxylation is 1. The van der Waals surface area contributed by atoms with Gasteiger partial charge >= 0.3 is 0 Å². The normalized spacial score (nSPS) is 20.4. The van der Waals surface area contributed by atoms with Gasteiger partial charge in [0.1, 0.15) is 0 Å². The van der Waals surface area contributed by atoms with Crippen LogP contribution in [0.15, 0.2) is 18.3 Å². The molecule has 3 rings (SSSR count). The molecule has 4 nitrogen and oxygen atoms in total. The summed E-state index contributed by atoms with van der Waals surface area (Å²) in [4.78, 5) is 0. The maximum Gasteiger partial charge on any atom is 0.150 e. The first kappa shape index (κ1) is 11.5. The molecular weight excluding hydrogens is 226 g/mol. The van der Waals surface area contributed by atoms with Gasteiger partial charge in [0.05, 0.1) is 11.7 Å². The highest BCUT2D eigenvalue weighted by Crippen LogP contribution is 2.29. The van der Waals surface area contributed by atoms with Crippen LogP contribution in [0.25, 0.3) is 10.9 Å². The largest absolute Gasteiger partial charge is 0.398 e. The number of fused-ring (bicyclic) bond motifs is 1. The third kappa shape index (κ3) is 1.77. The topological polar surface area (TPSA) is 53.1 Å². The van der Waals surface area contributed by atoms with E-state index in [0.29, 0.717) is 0 Å². The first-order valence-corrected chi connectivity index (χ1v) is 6.67. The Balaban J connectivity index is 2.08. The van der Waals surface area contributed by atoms with Crippen LogP contribution in [0.2, 0.25) is 0 Å². The molecule has 2 aromatic rings. The van der Waals surface area contributed by atoms with Crippen LogP contribution >= 0.6 is 0 Å². The van der Waals surface area contributed by atoms with Gasteiger partial charge in [-0.25, -0.2) is 4.68 Å². The van der Waals surface area contributed by atoms with Gasteiger partial charge in [0.25, 0.3) is 0 Å². The van der Waals surface area contributed by atoms with Crippen LogP contribution in [0.1, 0.15) is 38.0 Å². The Bertz CT molecular complexity index is 555. The minimum atomic E-state index is 0.0876. The number of nitrogen functional groups attached to an aromatic ring is 1. The summed E-state index contributed by atoms with van der Waals surface area (Å²) < 4.78 is 7.81. The fourth-order valence-corrected chi connectivity index (χ4v) is 2.74. The van der Waals surface area contributed by atoms with Crippen LogP contribution in [-0.4, -0.2) is 16.4 Å². The molecule has 1 unspecified atom stereocenters. The molecule has 18 heavy (non-hydrogen) atoms. The molecule has 1 aliphatic heterocycles. The van der Waals surface area contributed by atoms with Crippen molar-refractivity contribution in [3.05, 3.63) is 23.9 Å². The molecule has 1 aliphatic rings. The Kier molecular flexibility index (Phi) is 2.96. The molecular formula is C14H19N3O. The molecule has 0 amide bonds. The average Bonchev–Trinajstić information content (AvgIpc) is 2.83. The number of benzene rings is 1. The van der Waals surface area contributed by atoms with E-state index < -0.39 is 0 Å². The summed E-state index contributed by atoms with van der Waals surface area (Å²) in [5.74, 6) is 0. The van der Waals surface area contributed by atoms with E-state index in [1.165, 1.54) is 12.0 Å². The van der Waals surface area contributed by atoms with Crippen LogP contribution in [-0.2, 0) is 11.2 Å². The third-order valence-corrected chi connectivity index (χ3v) is 3.71. The molecule has 96 valence electrons. The Morgan fingerprint density at radius 3 is 3.06 bits per heavy atom. The lowest BCUT2D eigenvalue weighted by Gasteiger charge is -2.23. The van der Waals surface area contributed by atoms with Crippen LogP contribution in [0, 0.1) is 0 Å². The molecule has 0 aliphatic carbocycles. The second kappa shape index (κ2) is 4.61. The Labute approximate surface area is 107 Å². The number of anilines is 1. The van der Waals surface area contributed by atoms with Gasteiger partial charge in [-0.1, -0.05) is 6.92 Å². The van der Waals surface area contributed by atoms with Crippen LogP contribution in [0.3, 0.4) is 0 Å². The van der Waals surface area contributed by atoms with Gasteiger partial charge in [0.2, 0.25) is 0 Å². The summed E-state index contributed by atoms with van der Waals surface area (Å²) in [6, 6.07) is 4.02. The summed E-state index contributed by atoms with van der Waals surface area (Å²) in [6.45, 7) is 2.96. The van der Waals surface area contributed by atoms with E-state index in [-0.39, 0.29) is 6.23 Å². The number of nitrogens with two attached hydrogens (primary N) is 1. The molecule has 2 heterocycles. The van der Waals surface area contributed by atoms with Gasteiger partial charge in [-0.05, 0) is 43.4 Å². The first-order valence-electron chi connectivity index (χ1n) is 6.67. The molecule has 0 bridgehead atoms. The number of hydrogen-bond donors (Lipinski definition) is 1. The zero-order chi connectivity index (χ0) is 12.5. The highest BCUT2D eigenvalue weighted by Gasteiger charge is 2.19. The Hall–Kier alpha value is -1.55. The minimum absolute atomic E-state index is 0.0876. The van der Waals surface area contributed by atoms with Crippen molar-refractivity contribution in [2.75, 3.05) is 12.3 Å². The smallest absolute Gasteiger partial charge is 0.150 e. The molecule has 2 N–H and O–H groups in total. The van der Waals surface area contributed by atoms with Crippen molar-refractivity contribution in [2.45, 2.75) is 38.8 Å². The molecule has 4 heteroatoms. The molecule has 0 spiro atoms. The zero-order valence-corrected chi connectivity index (χ0v) is 10.7. The van der Waals surface area contributed by atoms with Crippen molar-refractivity contribution in [3.63, 3.8) is 0 Å². The van der Waals surface area contributed by atoms with E-state index in [4.69, 9.17) is 10.5 Å². The van der Waals surface area contributed by atoms with E-state index >= 15 is 0 Å². The minimum Gasteiger partial charge on any atom is -0.398 e. The lowest BCUT2D eigenvalue weighted by atomic mass is 10.1. The highest BCUT2D eigenvalue weighted by atomic mass is 16.5. The molecule has 0 radical (unpaired) electrons. The van der Waals surface area contributed by atoms with Crippen molar-refractivity contribution in [1.82, 2.24) is 9.78 Å². The average molecular weight is 245 g/mol. The SMILES string of the molecule is CCc1c(N)ccc2c1cnn2C1CCCCO1. The van der Waals surface area contributed by atoms with Gasteiger partial charge in [-0.15, -0.1) is 0 Å². The van der Waals surface area contributed by atoms with Gasteiger partial charge in [-0.2, -0.15) is 5.10 Å². The van der Waals surface area contributed by atoms with Gasteiger partial charge in [-0.3, -0.25) is 0 Å². The van der Waals surface area contributed by atoms with E-state index in [1.807, 2.05) is 16.9 Å². The standard InChI is InChI=1S/C14H19N3O/c1-2-10-11-9-16-17(13(11)7-6-12(10)15)14-5-3-4-8-18-14/h6-7,9,14H,2-5,8,15H2,1H3. The van der Waals surface area contributed by atoms with E-state index in [2.05, 4.69) is 18.1 Å². The molecule has 1 atom stereocenters. The van der Waals surface area contributed by atoms with Crippen LogP contribution in [0.5, 0.6) is 0 Å². The van der Waals surface area contributed by atoms with Gasteiger partial charge in [0, 0.05) is 17.7 Å². The summed E-state index contributed by atoms with van der Waals surface area (Å²) in [5, 5.41) is 5.66. The van der Waals surface area contributed by atoms with Crippen molar-refractivity contribution in [2.24, 2.45) is 0 Å². The maximum absolute atomic E-state index is 6.02. The quantitative estimate of drug-likeness (QED) is 0.828. The predicted octanol–water partition coefficient (Wildman–Crippen LogP) is 2.88. The number of hydrogen-bond acceptors (Lipinski definition) is 3. The second-order valence-electron chi connectivity index (χ2n) is 4.83. The van der Waals surface area contributed by atoms with Gasteiger partial charge < -0.3 is 10.5 Å². The number of ether oxygens (including phenoxy) is 1.